The smallest absolute Gasteiger partial charge is 0.339 e. The standard InChI is InChI=1S/C23H28N4O4/c1-3-31-23(30)18-9-10-21(24-15-18)27-12-6-11-26(13-14-27)16-22(29)25-20-8-5-4-7-19(20)17(2)28/h4-5,7-10,15H,3,6,11-14,16H2,1-2H3,(H,25,29). The van der Waals surface area contributed by atoms with Crippen LogP contribution in [-0.2, 0) is 9.53 Å². The molecule has 8 heteroatoms. The van der Waals surface area contributed by atoms with Crippen LogP contribution in [0.1, 0.15) is 41.0 Å². The largest absolute Gasteiger partial charge is 0.462 e. The van der Waals surface area contributed by atoms with Crippen LogP contribution in [0.4, 0.5) is 11.5 Å². The highest BCUT2D eigenvalue weighted by atomic mass is 16.5. The van der Waals surface area contributed by atoms with Gasteiger partial charge in [0, 0.05) is 37.9 Å². The number of nitrogens with zero attached hydrogens (tertiary/aromatic N) is 3. The van der Waals surface area contributed by atoms with E-state index in [2.05, 4.69) is 20.1 Å². The van der Waals surface area contributed by atoms with Crippen molar-refractivity contribution >= 4 is 29.2 Å². The summed E-state index contributed by atoms with van der Waals surface area (Å²) < 4.78 is 4.99. The number of rotatable bonds is 7. The van der Waals surface area contributed by atoms with Crippen molar-refractivity contribution in [3.8, 4) is 0 Å². The van der Waals surface area contributed by atoms with Crippen molar-refractivity contribution in [1.29, 1.82) is 0 Å². The van der Waals surface area contributed by atoms with Crippen LogP contribution in [0.5, 0.6) is 0 Å². The Morgan fingerprint density at radius 1 is 1.06 bits per heavy atom. The number of amides is 1. The van der Waals surface area contributed by atoms with Gasteiger partial charge in [0.25, 0.3) is 0 Å². The minimum Gasteiger partial charge on any atom is -0.462 e. The quantitative estimate of drug-likeness (QED) is 0.540. The lowest BCUT2D eigenvalue weighted by atomic mass is 10.1. The van der Waals surface area contributed by atoms with Crippen molar-refractivity contribution in [3.63, 3.8) is 0 Å². The van der Waals surface area contributed by atoms with Crippen molar-refractivity contribution in [2.24, 2.45) is 0 Å². The zero-order valence-electron chi connectivity index (χ0n) is 18.0. The second kappa shape index (κ2) is 10.7. The molecule has 0 spiro atoms. The van der Waals surface area contributed by atoms with Crippen molar-refractivity contribution in [2.75, 3.05) is 49.5 Å². The van der Waals surface area contributed by atoms with Crippen molar-refractivity contribution < 1.29 is 19.1 Å². The molecule has 1 N–H and O–H groups in total. The number of benzene rings is 1. The summed E-state index contributed by atoms with van der Waals surface area (Å²) in [4.78, 5) is 44.7. The molecule has 31 heavy (non-hydrogen) atoms. The van der Waals surface area contributed by atoms with Gasteiger partial charge in [0.2, 0.25) is 5.91 Å². The number of carbonyl (C=O) groups excluding carboxylic acids is 3. The van der Waals surface area contributed by atoms with Gasteiger partial charge in [-0.2, -0.15) is 0 Å². The molecule has 0 bridgehead atoms. The maximum atomic E-state index is 12.5. The number of Topliss-reactive ketones (excluding diaryl/α,β-unsaturated/α-hetero) is 1. The molecule has 3 rings (SSSR count). The normalized spacial score (nSPS) is 14.6. The zero-order chi connectivity index (χ0) is 22.2. The number of hydrogen-bond donors (Lipinski definition) is 1. The number of anilines is 2. The minimum atomic E-state index is -0.374. The van der Waals surface area contributed by atoms with Crippen molar-refractivity contribution in [1.82, 2.24) is 9.88 Å². The first kappa shape index (κ1) is 22.4. The van der Waals surface area contributed by atoms with E-state index in [1.807, 2.05) is 6.07 Å². The first-order valence-electron chi connectivity index (χ1n) is 10.5. The van der Waals surface area contributed by atoms with E-state index in [1.54, 1.807) is 37.3 Å². The lowest BCUT2D eigenvalue weighted by Crippen LogP contribution is -2.36. The molecule has 2 aromatic rings. The zero-order valence-corrected chi connectivity index (χ0v) is 18.0. The molecule has 1 aromatic heterocycles. The van der Waals surface area contributed by atoms with Gasteiger partial charge < -0.3 is 15.0 Å². The Morgan fingerprint density at radius 3 is 2.58 bits per heavy atom. The number of ether oxygens (including phenoxy) is 1. The summed E-state index contributed by atoms with van der Waals surface area (Å²) in [6.07, 6.45) is 2.43. The fourth-order valence-corrected chi connectivity index (χ4v) is 3.56. The fourth-order valence-electron chi connectivity index (χ4n) is 3.56. The Balaban J connectivity index is 1.55. The molecule has 1 aliphatic rings. The first-order chi connectivity index (χ1) is 15.0. The number of carbonyl (C=O) groups is 3. The van der Waals surface area contributed by atoms with E-state index in [1.165, 1.54) is 13.1 Å². The SMILES string of the molecule is CCOC(=O)c1ccc(N2CCCN(CC(=O)Nc3ccccc3C(C)=O)CC2)nc1. The summed E-state index contributed by atoms with van der Waals surface area (Å²) in [6.45, 7) is 6.89. The molecule has 1 aromatic carbocycles. The first-order valence-corrected chi connectivity index (χ1v) is 10.5. The number of pyridine rings is 1. The molecule has 1 aliphatic heterocycles. The fraction of sp³-hybridized carbons (Fsp3) is 0.391. The van der Waals surface area contributed by atoms with Crippen LogP contribution >= 0.6 is 0 Å². The maximum absolute atomic E-state index is 12.5. The summed E-state index contributed by atoms with van der Waals surface area (Å²) in [5.74, 6) is 0.206. The number of esters is 1. The Bertz CT molecular complexity index is 929. The lowest BCUT2D eigenvalue weighted by Gasteiger charge is -2.22. The topological polar surface area (TPSA) is 91.8 Å². The molecular formula is C23H28N4O4. The van der Waals surface area contributed by atoms with Gasteiger partial charge in [0.05, 0.1) is 24.4 Å². The molecule has 0 radical (unpaired) electrons. The minimum absolute atomic E-state index is 0.0808. The van der Waals surface area contributed by atoms with Crippen LogP contribution in [0, 0.1) is 0 Å². The average molecular weight is 425 g/mol. The van der Waals surface area contributed by atoms with Gasteiger partial charge >= 0.3 is 5.97 Å². The number of para-hydroxylation sites is 1. The van der Waals surface area contributed by atoms with E-state index >= 15 is 0 Å². The third-order valence-corrected chi connectivity index (χ3v) is 5.12. The van der Waals surface area contributed by atoms with E-state index < -0.39 is 0 Å². The molecule has 0 atom stereocenters. The average Bonchev–Trinajstić information content (AvgIpc) is 3.00. The van der Waals surface area contributed by atoms with Crippen molar-refractivity contribution in [3.05, 3.63) is 53.7 Å². The van der Waals surface area contributed by atoms with Crippen LogP contribution in [0.2, 0.25) is 0 Å². The van der Waals surface area contributed by atoms with E-state index in [4.69, 9.17) is 4.74 Å². The van der Waals surface area contributed by atoms with E-state index in [9.17, 15) is 14.4 Å². The predicted molar refractivity (Wildman–Crippen MR) is 119 cm³/mol. The predicted octanol–water partition coefficient (Wildman–Crippen LogP) is 2.61. The lowest BCUT2D eigenvalue weighted by molar-refractivity contribution is -0.117. The van der Waals surface area contributed by atoms with Gasteiger partial charge in [0.15, 0.2) is 5.78 Å². The molecule has 1 amide bonds. The summed E-state index contributed by atoms with van der Waals surface area (Å²) in [7, 11) is 0. The molecule has 2 heterocycles. The second-order valence-electron chi connectivity index (χ2n) is 7.39. The molecule has 1 fully saturated rings. The van der Waals surface area contributed by atoms with Crippen molar-refractivity contribution in [2.45, 2.75) is 20.3 Å². The Hall–Kier alpha value is -3.26. The second-order valence-corrected chi connectivity index (χ2v) is 7.39. The highest BCUT2D eigenvalue weighted by Gasteiger charge is 2.19. The number of ketones is 1. The molecule has 0 saturated carbocycles. The van der Waals surface area contributed by atoms with Gasteiger partial charge in [-0.05, 0) is 44.5 Å². The molecule has 0 aliphatic carbocycles. The molecular weight excluding hydrogens is 396 g/mol. The van der Waals surface area contributed by atoms with Gasteiger partial charge in [0.1, 0.15) is 5.82 Å². The van der Waals surface area contributed by atoms with Gasteiger partial charge in [-0.15, -0.1) is 0 Å². The van der Waals surface area contributed by atoms with Crippen LogP contribution < -0.4 is 10.2 Å². The molecule has 8 nitrogen and oxygen atoms in total. The molecule has 164 valence electrons. The van der Waals surface area contributed by atoms with Crippen LogP contribution in [-0.4, -0.2) is 66.9 Å². The van der Waals surface area contributed by atoms with Gasteiger partial charge in [-0.3, -0.25) is 14.5 Å². The summed E-state index contributed by atoms with van der Waals surface area (Å²) >= 11 is 0. The Kier molecular flexibility index (Phi) is 7.72. The summed E-state index contributed by atoms with van der Waals surface area (Å²) in [5, 5.41) is 2.86. The summed E-state index contributed by atoms with van der Waals surface area (Å²) in [6, 6.07) is 10.6. The van der Waals surface area contributed by atoms with Gasteiger partial charge in [-0.25, -0.2) is 9.78 Å². The van der Waals surface area contributed by atoms with E-state index in [0.717, 1.165) is 31.9 Å². The number of hydrogen-bond acceptors (Lipinski definition) is 7. The third kappa shape index (κ3) is 6.11. The summed E-state index contributed by atoms with van der Waals surface area (Å²) in [5.41, 5.74) is 1.49. The molecule has 0 unspecified atom stereocenters. The van der Waals surface area contributed by atoms with E-state index in [-0.39, 0.29) is 24.2 Å². The Labute approximate surface area is 182 Å². The Morgan fingerprint density at radius 2 is 1.87 bits per heavy atom. The van der Waals surface area contributed by atoms with Crippen LogP contribution in [0.25, 0.3) is 0 Å². The highest BCUT2D eigenvalue weighted by Crippen LogP contribution is 2.17. The van der Waals surface area contributed by atoms with Crippen LogP contribution in [0.15, 0.2) is 42.6 Å². The van der Waals surface area contributed by atoms with E-state index in [0.29, 0.717) is 30.0 Å². The third-order valence-electron chi connectivity index (χ3n) is 5.12. The highest BCUT2D eigenvalue weighted by molar-refractivity contribution is 6.04. The van der Waals surface area contributed by atoms with Crippen LogP contribution in [0.3, 0.4) is 0 Å². The van der Waals surface area contributed by atoms with Gasteiger partial charge in [-0.1, -0.05) is 12.1 Å². The number of aromatic nitrogens is 1. The monoisotopic (exact) mass is 424 g/mol. The molecule has 1 saturated heterocycles. The number of nitrogens with one attached hydrogen (secondary N) is 1. The maximum Gasteiger partial charge on any atom is 0.339 e.